The highest BCUT2D eigenvalue weighted by Crippen LogP contribution is 2.26. The number of rotatable bonds is 9. The lowest BCUT2D eigenvalue weighted by atomic mass is 10.1. The summed E-state index contributed by atoms with van der Waals surface area (Å²) in [6.07, 6.45) is 1.48. The van der Waals surface area contributed by atoms with Crippen molar-refractivity contribution in [2.75, 3.05) is 16.4 Å². The fraction of sp³-hybridized carbons (Fsp3) is 0.0333. The largest absolute Gasteiger partial charge is 0.325 e. The smallest absolute Gasteiger partial charge is 0.272 e. The van der Waals surface area contributed by atoms with Crippen molar-refractivity contribution in [3.05, 3.63) is 128 Å². The molecule has 0 fully saturated rings. The van der Waals surface area contributed by atoms with E-state index in [4.69, 9.17) is 46.4 Å². The zero-order valence-electron chi connectivity index (χ0n) is 21.1. The molecule has 4 aromatic carbocycles. The van der Waals surface area contributed by atoms with Gasteiger partial charge in [0.15, 0.2) is 0 Å². The van der Waals surface area contributed by atoms with Crippen molar-refractivity contribution in [2.24, 2.45) is 0 Å². The zero-order chi connectivity index (χ0) is 29.4. The first-order valence-electron chi connectivity index (χ1n) is 12.0. The molecule has 3 amide bonds. The highest BCUT2D eigenvalue weighted by Gasteiger charge is 2.16. The van der Waals surface area contributed by atoms with Crippen molar-refractivity contribution in [1.29, 1.82) is 0 Å². The van der Waals surface area contributed by atoms with Crippen LogP contribution in [0.5, 0.6) is 0 Å². The molecule has 0 spiro atoms. The van der Waals surface area contributed by atoms with E-state index in [0.29, 0.717) is 42.6 Å². The number of halogens is 4. The second kappa shape index (κ2) is 14.4. The molecule has 41 heavy (non-hydrogen) atoms. The number of hydrogen-bond acceptors (Lipinski definition) is 4. The van der Waals surface area contributed by atoms with E-state index in [1.807, 2.05) is 0 Å². The quantitative estimate of drug-likeness (QED) is 0.126. The van der Waals surface area contributed by atoms with Gasteiger partial charge in [-0.2, -0.15) is 0 Å². The van der Waals surface area contributed by atoms with E-state index >= 15 is 0 Å². The summed E-state index contributed by atoms with van der Waals surface area (Å²) >= 11 is 25.5. The average Bonchev–Trinajstić information content (AvgIpc) is 2.96. The van der Waals surface area contributed by atoms with Gasteiger partial charge in [0.1, 0.15) is 5.70 Å². The molecule has 0 saturated heterocycles. The lowest BCUT2D eigenvalue weighted by Crippen LogP contribution is -2.30. The molecule has 0 aromatic heterocycles. The molecule has 0 bridgehead atoms. The Morgan fingerprint density at radius 3 is 2.10 bits per heavy atom. The maximum Gasteiger partial charge on any atom is 0.272 e. The molecular formula is C30H21Cl4N3O3S. The highest BCUT2D eigenvalue weighted by molar-refractivity contribution is 8.00. The minimum absolute atomic E-state index is 0.0134. The molecule has 0 atom stereocenters. The molecule has 0 aliphatic carbocycles. The lowest BCUT2D eigenvalue weighted by molar-refractivity contribution is -0.114. The monoisotopic (exact) mass is 643 g/mol. The van der Waals surface area contributed by atoms with Crippen molar-refractivity contribution < 1.29 is 14.4 Å². The molecule has 6 nitrogen and oxygen atoms in total. The number of carbonyl (C=O) groups is 3. The lowest BCUT2D eigenvalue weighted by Gasteiger charge is -2.12. The van der Waals surface area contributed by atoms with Crippen LogP contribution in [0.15, 0.2) is 102 Å². The summed E-state index contributed by atoms with van der Waals surface area (Å²) in [7, 11) is 0. The number of carbonyl (C=O) groups excluding carboxylic acids is 3. The molecule has 0 aliphatic rings. The van der Waals surface area contributed by atoms with Gasteiger partial charge < -0.3 is 16.0 Å². The maximum absolute atomic E-state index is 13.2. The number of thioether (sulfide) groups is 1. The van der Waals surface area contributed by atoms with Gasteiger partial charge in [-0.15, -0.1) is 11.8 Å². The van der Waals surface area contributed by atoms with Gasteiger partial charge in [0.05, 0.1) is 15.8 Å². The molecule has 3 N–H and O–H groups in total. The van der Waals surface area contributed by atoms with E-state index in [-0.39, 0.29) is 17.4 Å². The van der Waals surface area contributed by atoms with Gasteiger partial charge in [0.2, 0.25) is 5.91 Å². The maximum atomic E-state index is 13.2. The Hall–Kier alpha value is -3.46. The third-order valence-corrected chi connectivity index (χ3v) is 7.79. The molecule has 0 unspecified atom stereocenters. The summed E-state index contributed by atoms with van der Waals surface area (Å²) in [6.45, 7) is 0. The van der Waals surface area contributed by atoms with Gasteiger partial charge in [-0.25, -0.2) is 0 Å². The van der Waals surface area contributed by atoms with E-state index in [1.165, 1.54) is 17.8 Å². The predicted octanol–water partition coefficient (Wildman–Crippen LogP) is 8.44. The fourth-order valence-corrected chi connectivity index (χ4v) is 4.93. The van der Waals surface area contributed by atoms with Crippen molar-refractivity contribution in [1.82, 2.24) is 5.32 Å². The number of nitrogens with one attached hydrogen (secondary N) is 3. The number of hydrogen-bond donors (Lipinski definition) is 3. The van der Waals surface area contributed by atoms with Gasteiger partial charge in [-0.3, -0.25) is 14.4 Å². The highest BCUT2D eigenvalue weighted by atomic mass is 35.5. The minimum Gasteiger partial charge on any atom is -0.325 e. The van der Waals surface area contributed by atoms with Gasteiger partial charge >= 0.3 is 0 Å². The Labute approximate surface area is 261 Å². The predicted molar refractivity (Wildman–Crippen MR) is 169 cm³/mol. The van der Waals surface area contributed by atoms with Crippen LogP contribution in [-0.2, 0) is 9.59 Å². The van der Waals surface area contributed by atoms with Crippen molar-refractivity contribution in [3.63, 3.8) is 0 Å². The van der Waals surface area contributed by atoms with Crippen molar-refractivity contribution in [2.45, 2.75) is 4.90 Å². The van der Waals surface area contributed by atoms with E-state index in [2.05, 4.69) is 16.0 Å². The molecule has 4 rings (SSSR count). The second-order valence-corrected chi connectivity index (χ2v) is 11.2. The van der Waals surface area contributed by atoms with Crippen molar-refractivity contribution >= 4 is 93.3 Å². The number of amides is 3. The summed E-state index contributed by atoms with van der Waals surface area (Å²) in [5, 5.41) is 9.73. The first-order valence-corrected chi connectivity index (χ1v) is 14.5. The van der Waals surface area contributed by atoms with Crippen LogP contribution in [0.2, 0.25) is 20.1 Å². The number of benzene rings is 4. The molecule has 11 heteroatoms. The van der Waals surface area contributed by atoms with Gasteiger partial charge in [-0.1, -0.05) is 70.7 Å². The van der Waals surface area contributed by atoms with E-state index in [9.17, 15) is 14.4 Å². The van der Waals surface area contributed by atoms with Crippen LogP contribution in [0.4, 0.5) is 11.4 Å². The van der Waals surface area contributed by atoms with E-state index in [1.54, 1.807) is 91.0 Å². The SMILES string of the molecule is O=C(CSc1ccc(NC(=O)/C(=C/c2ccc(Cl)cc2Cl)NC(=O)c2ccccc2)cc1)Nc1ccc(Cl)c(Cl)c1. The van der Waals surface area contributed by atoms with Crippen LogP contribution in [0, 0.1) is 0 Å². The summed E-state index contributed by atoms with van der Waals surface area (Å²) in [5.74, 6) is -1.06. The van der Waals surface area contributed by atoms with Gasteiger partial charge in [-0.05, 0) is 78.4 Å². The molecule has 0 heterocycles. The van der Waals surface area contributed by atoms with Crippen LogP contribution < -0.4 is 16.0 Å². The van der Waals surface area contributed by atoms with Crippen molar-refractivity contribution in [3.8, 4) is 0 Å². The fourth-order valence-electron chi connectivity index (χ4n) is 3.47. The standard InChI is InChI=1S/C30H21Cl4N3O3S/c31-20-7-6-19(25(33)15-20)14-27(37-29(39)18-4-2-1-3-5-18)30(40)36-21-8-11-23(12-9-21)41-17-28(38)35-22-10-13-24(32)26(34)16-22/h1-16H,17H2,(H,35,38)(H,36,40)(H,37,39)/b27-14-. The first kappa shape index (κ1) is 30.5. The third kappa shape index (κ3) is 9.01. The average molecular weight is 645 g/mol. The molecule has 208 valence electrons. The minimum atomic E-state index is -0.554. The van der Waals surface area contributed by atoms with E-state index < -0.39 is 11.8 Å². The Balaban J connectivity index is 1.42. The molecular weight excluding hydrogens is 624 g/mol. The molecule has 0 saturated carbocycles. The van der Waals surface area contributed by atoms with Crippen LogP contribution in [0.1, 0.15) is 15.9 Å². The Kier molecular flexibility index (Phi) is 10.7. The van der Waals surface area contributed by atoms with Crippen LogP contribution in [0.25, 0.3) is 6.08 Å². The summed E-state index contributed by atoms with van der Waals surface area (Å²) in [4.78, 5) is 39.2. The van der Waals surface area contributed by atoms with Crippen LogP contribution >= 0.6 is 58.2 Å². The van der Waals surface area contributed by atoms with E-state index in [0.717, 1.165) is 4.90 Å². The number of anilines is 2. The summed E-state index contributed by atoms with van der Waals surface area (Å²) in [6, 6.07) is 25.1. The normalized spacial score (nSPS) is 11.1. The summed E-state index contributed by atoms with van der Waals surface area (Å²) in [5.41, 5.74) is 1.91. The topological polar surface area (TPSA) is 87.3 Å². The van der Waals surface area contributed by atoms with Crippen LogP contribution in [-0.4, -0.2) is 23.5 Å². The Morgan fingerprint density at radius 1 is 0.707 bits per heavy atom. The van der Waals surface area contributed by atoms with Crippen LogP contribution in [0.3, 0.4) is 0 Å². The first-order chi connectivity index (χ1) is 19.7. The third-order valence-electron chi connectivity index (χ3n) is 5.48. The molecule has 4 aromatic rings. The van der Waals surface area contributed by atoms with Gasteiger partial charge in [0.25, 0.3) is 11.8 Å². The molecule has 0 radical (unpaired) electrons. The Bertz CT molecular complexity index is 1610. The molecule has 0 aliphatic heterocycles. The van der Waals surface area contributed by atoms with Gasteiger partial charge in [0, 0.05) is 31.9 Å². The second-order valence-electron chi connectivity index (χ2n) is 8.49. The zero-order valence-corrected chi connectivity index (χ0v) is 24.9. The Morgan fingerprint density at radius 2 is 1.41 bits per heavy atom. The summed E-state index contributed by atoms with van der Waals surface area (Å²) < 4.78 is 0.